The molecule has 0 aromatic carbocycles. The summed E-state index contributed by atoms with van der Waals surface area (Å²) in [6, 6.07) is 1.87. The standard InChI is InChI=1S/C8H11N3OS/c1-6-3-4-12-7(6)5-10-11-8(13)9-2/h3-5H,1-2H3,(H2,9,11,13)/b10-5+. The lowest BCUT2D eigenvalue weighted by atomic mass is 10.3. The Morgan fingerprint density at radius 3 is 3.00 bits per heavy atom. The summed E-state index contributed by atoms with van der Waals surface area (Å²) in [6.45, 7) is 1.95. The minimum Gasteiger partial charge on any atom is -0.463 e. The van der Waals surface area contributed by atoms with E-state index < -0.39 is 0 Å². The van der Waals surface area contributed by atoms with Crippen LogP contribution in [0.15, 0.2) is 21.8 Å². The number of nitrogens with one attached hydrogen (secondary N) is 2. The topological polar surface area (TPSA) is 49.6 Å². The van der Waals surface area contributed by atoms with E-state index in [0.29, 0.717) is 5.11 Å². The van der Waals surface area contributed by atoms with Gasteiger partial charge in [0.15, 0.2) is 5.11 Å². The van der Waals surface area contributed by atoms with Gasteiger partial charge in [-0.25, -0.2) is 0 Å². The number of hydrazone groups is 1. The third-order valence-electron chi connectivity index (χ3n) is 1.48. The molecule has 1 rings (SSSR count). The molecule has 13 heavy (non-hydrogen) atoms. The number of nitrogens with zero attached hydrogens (tertiary/aromatic N) is 1. The van der Waals surface area contributed by atoms with Crippen molar-refractivity contribution in [3.8, 4) is 0 Å². The van der Waals surface area contributed by atoms with Crippen LogP contribution in [-0.2, 0) is 0 Å². The molecule has 0 saturated heterocycles. The van der Waals surface area contributed by atoms with Gasteiger partial charge in [0.2, 0.25) is 0 Å². The zero-order valence-corrected chi connectivity index (χ0v) is 8.31. The van der Waals surface area contributed by atoms with Gasteiger partial charge in [-0.3, -0.25) is 5.43 Å². The molecule has 0 radical (unpaired) electrons. The van der Waals surface area contributed by atoms with Gasteiger partial charge >= 0.3 is 0 Å². The fourth-order valence-corrected chi connectivity index (χ4v) is 0.775. The summed E-state index contributed by atoms with van der Waals surface area (Å²) in [5.74, 6) is 0.728. The monoisotopic (exact) mass is 197 g/mol. The first-order valence-electron chi connectivity index (χ1n) is 3.79. The van der Waals surface area contributed by atoms with E-state index >= 15 is 0 Å². The van der Waals surface area contributed by atoms with Crippen LogP contribution in [0.2, 0.25) is 0 Å². The first kappa shape index (κ1) is 9.73. The molecule has 2 N–H and O–H groups in total. The summed E-state index contributed by atoms with van der Waals surface area (Å²) in [4.78, 5) is 0. The van der Waals surface area contributed by atoms with Crippen molar-refractivity contribution in [2.24, 2.45) is 5.10 Å². The molecule has 70 valence electrons. The molecule has 5 heteroatoms. The van der Waals surface area contributed by atoms with Crippen LogP contribution < -0.4 is 10.7 Å². The highest BCUT2D eigenvalue weighted by Gasteiger charge is 1.96. The number of furan rings is 1. The van der Waals surface area contributed by atoms with E-state index in [2.05, 4.69) is 15.8 Å². The molecule has 0 spiro atoms. The molecule has 0 fully saturated rings. The van der Waals surface area contributed by atoms with E-state index in [1.165, 1.54) is 0 Å². The lowest BCUT2D eigenvalue weighted by Crippen LogP contribution is -2.28. The quantitative estimate of drug-likeness (QED) is 0.422. The molecule has 1 heterocycles. The van der Waals surface area contributed by atoms with Crippen molar-refractivity contribution in [1.82, 2.24) is 10.7 Å². The summed E-state index contributed by atoms with van der Waals surface area (Å²) in [6.07, 6.45) is 3.20. The van der Waals surface area contributed by atoms with Gasteiger partial charge < -0.3 is 9.73 Å². The molecule has 0 saturated carbocycles. The Morgan fingerprint density at radius 1 is 1.69 bits per heavy atom. The summed E-state index contributed by atoms with van der Waals surface area (Å²) in [7, 11) is 1.73. The van der Waals surface area contributed by atoms with Gasteiger partial charge in [-0.15, -0.1) is 0 Å². The van der Waals surface area contributed by atoms with Gasteiger partial charge in [0.1, 0.15) is 5.76 Å². The maximum absolute atomic E-state index is 5.13. The van der Waals surface area contributed by atoms with Crippen molar-refractivity contribution in [3.63, 3.8) is 0 Å². The summed E-state index contributed by atoms with van der Waals surface area (Å²) >= 11 is 4.82. The molecule has 1 aromatic heterocycles. The van der Waals surface area contributed by atoms with E-state index in [9.17, 15) is 0 Å². The largest absolute Gasteiger partial charge is 0.463 e. The summed E-state index contributed by atoms with van der Waals surface area (Å²) < 4.78 is 5.13. The molecular weight excluding hydrogens is 186 g/mol. The Kier molecular flexibility index (Phi) is 3.45. The lowest BCUT2D eigenvalue weighted by Gasteiger charge is -1.98. The van der Waals surface area contributed by atoms with Gasteiger partial charge in [-0.05, 0) is 30.8 Å². The van der Waals surface area contributed by atoms with Crippen LogP contribution in [0.4, 0.5) is 0 Å². The Morgan fingerprint density at radius 2 is 2.46 bits per heavy atom. The van der Waals surface area contributed by atoms with E-state index in [1.54, 1.807) is 19.5 Å². The molecule has 0 aliphatic carbocycles. The molecule has 0 amide bonds. The van der Waals surface area contributed by atoms with Crippen LogP contribution in [0.5, 0.6) is 0 Å². The number of hydrogen-bond donors (Lipinski definition) is 2. The third kappa shape index (κ3) is 2.87. The van der Waals surface area contributed by atoms with Gasteiger partial charge in [-0.1, -0.05) is 0 Å². The molecule has 0 bridgehead atoms. The van der Waals surface area contributed by atoms with Gasteiger partial charge in [-0.2, -0.15) is 5.10 Å². The van der Waals surface area contributed by atoms with Crippen molar-refractivity contribution in [2.45, 2.75) is 6.92 Å². The van der Waals surface area contributed by atoms with E-state index in [4.69, 9.17) is 16.6 Å². The fourth-order valence-electron chi connectivity index (χ4n) is 0.722. The first-order chi connectivity index (χ1) is 6.24. The molecule has 0 aliphatic heterocycles. The number of rotatable bonds is 2. The van der Waals surface area contributed by atoms with Crippen LogP contribution in [0.25, 0.3) is 0 Å². The second-order valence-electron chi connectivity index (χ2n) is 2.42. The normalized spacial score (nSPS) is 10.3. The SMILES string of the molecule is CNC(=S)N/N=C/c1occc1C. The minimum atomic E-state index is 0.473. The molecular formula is C8H11N3OS. The number of hydrogen-bond acceptors (Lipinski definition) is 3. The predicted octanol–water partition coefficient (Wildman–Crippen LogP) is 1.02. The van der Waals surface area contributed by atoms with Crippen LogP contribution in [-0.4, -0.2) is 18.4 Å². The molecule has 0 unspecified atom stereocenters. The van der Waals surface area contributed by atoms with Gasteiger partial charge in [0.25, 0.3) is 0 Å². The average Bonchev–Trinajstić information content (AvgIpc) is 2.52. The Balaban J connectivity index is 2.50. The highest BCUT2D eigenvalue weighted by atomic mass is 32.1. The zero-order valence-electron chi connectivity index (χ0n) is 7.50. The number of thiocarbonyl (C=S) groups is 1. The first-order valence-corrected chi connectivity index (χ1v) is 4.19. The Labute approximate surface area is 82.0 Å². The van der Waals surface area contributed by atoms with Crippen molar-refractivity contribution in [1.29, 1.82) is 0 Å². The molecule has 1 aromatic rings. The van der Waals surface area contributed by atoms with Crippen molar-refractivity contribution < 1.29 is 4.42 Å². The van der Waals surface area contributed by atoms with Crippen LogP contribution in [0, 0.1) is 6.92 Å². The molecule has 4 nitrogen and oxygen atoms in total. The minimum absolute atomic E-state index is 0.473. The molecule has 0 atom stereocenters. The second kappa shape index (κ2) is 4.61. The maximum Gasteiger partial charge on any atom is 0.186 e. The van der Waals surface area contributed by atoms with Crippen molar-refractivity contribution in [2.75, 3.05) is 7.05 Å². The number of aryl methyl sites for hydroxylation is 1. The lowest BCUT2D eigenvalue weighted by molar-refractivity contribution is 0.558. The van der Waals surface area contributed by atoms with Crippen LogP contribution in [0.3, 0.4) is 0 Å². The predicted molar refractivity (Wildman–Crippen MR) is 55.8 cm³/mol. The summed E-state index contributed by atoms with van der Waals surface area (Å²) in [5, 5.41) is 7.08. The second-order valence-corrected chi connectivity index (χ2v) is 2.83. The Hall–Kier alpha value is -1.36. The van der Waals surface area contributed by atoms with E-state index in [-0.39, 0.29) is 0 Å². The van der Waals surface area contributed by atoms with E-state index in [0.717, 1.165) is 11.3 Å². The summed E-state index contributed by atoms with van der Waals surface area (Å²) in [5.41, 5.74) is 3.67. The van der Waals surface area contributed by atoms with E-state index in [1.807, 2.05) is 13.0 Å². The van der Waals surface area contributed by atoms with Gasteiger partial charge in [0.05, 0.1) is 12.5 Å². The smallest absolute Gasteiger partial charge is 0.186 e. The van der Waals surface area contributed by atoms with Gasteiger partial charge in [0, 0.05) is 7.05 Å². The van der Waals surface area contributed by atoms with Crippen LogP contribution in [0.1, 0.15) is 11.3 Å². The average molecular weight is 197 g/mol. The van der Waals surface area contributed by atoms with Crippen molar-refractivity contribution in [3.05, 3.63) is 23.7 Å². The third-order valence-corrected chi connectivity index (χ3v) is 1.77. The fraction of sp³-hybridized carbons (Fsp3) is 0.250. The maximum atomic E-state index is 5.13. The Bertz CT molecular complexity index is 319. The van der Waals surface area contributed by atoms with Crippen molar-refractivity contribution >= 4 is 23.5 Å². The highest BCUT2D eigenvalue weighted by Crippen LogP contribution is 2.04. The molecule has 0 aliphatic rings. The zero-order chi connectivity index (χ0) is 9.68. The van der Waals surface area contributed by atoms with Crippen LogP contribution >= 0.6 is 12.2 Å². The highest BCUT2D eigenvalue weighted by molar-refractivity contribution is 7.80.